The van der Waals surface area contributed by atoms with Crippen molar-refractivity contribution in [2.75, 3.05) is 5.32 Å². The maximum Gasteiger partial charge on any atom is 0.258 e. The van der Waals surface area contributed by atoms with Crippen LogP contribution >= 0.6 is 0 Å². The summed E-state index contributed by atoms with van der Waals surface area (Å²) in [6, 6.07) is 14.0. The summed E-state index contributed by atoms with van der Waals surface area (Å²) in [5.41, 5.74) is 1.63. The van der Waals surface area contributed by atoms with Gasteiger partial charge in [-0.25, -0.2) is 4.98 Å². The van der Waals surface area contributed by atoms with Gasteiger partial charge >= 0.3 is 0 Å². The van der Waals surface area contributed by atoms with Crippen LogP contribution in [0.2, 0.25) is 0 Å². The zero-order valence-corrected chi connectivity index (χ0v) is 14.4. The third-order valence-electron chi connectivity index (χ3n) is 4.03. The van der Waals surface area contributed by atoms with E-state index < -0.39 is 0 Å². The normalized spacial score (nSPS) is 10.7. The van der Waals surface area contributed by atoms with Crippen molar-refractivity contribution in [3.8, 4) is 0 Å². The van der Waals surface area contributed by atoms with Crippen LogP contribution < -0.4 is 10.9 Å². The number of rotatable bonds is 6. The summed E-state index contributed by atoms with van der Waals surface area (Å²) >= 11 is 0. The molecule has 0 fully saturated rings. The number of aromatic amines is 1. The van der Waals surface area contributed by atoms with Crippen molar-refractivity contribution in [2.45, 2.75) is 26.2 Å². The molecule has 0 radical (unpaired) electrons. The minimum atomic E-state index is -0.170. The standard InChI is InChI=1S/C20H19N3O3/c1-13(24)14-6-4-7-15(12-14)21-19(25)11-5-10-18-22-17-9-3-2-8-16(17)20(26)23-18/h2-4,6-9,12H,5,10-11H2,1H3,(H,21,25)(H,22,23,26). The summed E-state index contributed by atoms with van der Waals surface area (Å²) in [5, 5.41) is 3.34. The summed E-state index contributed by atoms with van der Waals surface area (Å²) in [4.78, 5) is 42.7. The average Bonchev–Trinajstić information content (AvgIpc) is 2.62. The fourth-order valence-electron chi connectivity index (χ4n) is 2.71. The second-order valence-electron chi connectivity index (χ2n) is 6.07. The third-order valence-corrected chi connectivity index (χ3v) is 4.03. The van der Waals surface area contributed by atoms with Gasteiger partial charge in [0.25, 0.3) is 5.56 Å². The number of nitrogens with zero attached hydrogens (tertiary/aromatic N) is 1. The lowest BCUT2D eigenvalue weighted by atomic mass is 10.1. The number of Topliss-reactive ketones (excluding diaryl/α,β-unsaturated/α-hetero) is 1. The number of H-pyrrole nitrogens is 1. The number of ketones is 1. The van der Waals surface area contributed by atoms with E-state index in [0.29, 0.717) is 47.2 Å². The highest BCUT2D eigenvalue weighted by atomic mass is 16.1. The van der Waals surface area contributed by atoms with Gasteiger partial charge in [0.15, 0.2) is 5.78 Å². The van der Waals surface area contributed by atoms with Crippen LogP contribution in [-0.2, 0) is 11.2 Å². The first-order valence-corrected chi connectivity index (χ1v) is 8.42. The molecule has 1 amide bonds. The first-order valence-electron chi connectivity index (χ1n) is 8.42. The summed E-state index contributed by atoms with van der Waals surface area (Å²) in [7, 11) is 0. The number of carbonyl (C=O) groups is 2. The summed E-state index contributed by atoms with van der Waals surface area (Å²) < 4.78 is 0. The van der Waals surface area contributed by atoms with Crippen LogP contribution in [-0.4, -0.2) is 21.7 Å². The molecule has 0 aliphatic rings. The van der Waals surface area contributed by atoms with Crippen LogP contribution in [0.5, 0.6) is 0 Å². The highest BCUT2D eigenvalue weighted by Gasteiger charge is 2.07. The first kappa shape index (κ1) is 17.5. The molecular weight excluding hydrogens is 330 g/mol. The molecule has 0 saturated heterocycles. The Morgan fingerprint density at radius 2 is 1.92 bits per heavy atom. The molecule has 0 aliphatic heterocycles. The minimum absolute atomic E-state index is 0.0487. The fourth-order valence-corrected chi connectivity index (χ4v) is 2.71. The molecule has 1 heterocycles. The van der Waals surface area contributed by atoms with Crippen molar-refractivity contribution in [3.63, 3.8) is 0 Å². The van der Waals surface area contributed by atoms with E-state index in [1.807, 2.05) is 6.07 Å². The average molecular weight is 349 g/mol. The Balaban J connectivity index is 1.58. The minimum Gasteiger partial charge on any atom is -0.326 e. The van der Waals surface area contributed by atoms with Crippen LogP contribution in [0.3, 0.4) is 0 Å². The number of nitrogens with one attached hydrogen (secondary N) is 2. The molecule has 1 aromatic heterocycles. The van der Waals surface area contributed by atoms with Gasteiger partial charge in [-0.1, -0.05) is 24.3 Å². The van der Waals surface area contributed by atoms with E-state index in [1.54, 1.807) is 42.5 Å². The van der Waals surface area contributed by atoms with Crippen molar-refractivity contribution in [1.82, 2.24) is 9.97 Å². The molecule has 26 heavy (non-hydrogen) atoms. The lowest BCUT2D eigenvalue weighted by Crippen LogP contribution is -2.14. The molecule has 0 atom stereocenters. The number of carbonyl (C=O) groups excluding carboxylic acids is 2. The maximum absolute atomic E-state index is 12.1. The number of para-hydroxylation sites is 1. The molecule has 6 heteroatoms. The highest BCUT2D eigenvalue weighted by molar-refractivity contribution is 5.97. The largest absolute Gasteiger partial charge is 0.326 e. The summed E-state index contributed by atoms with van der Waals surface area (Å²) in [6.45, 7) is 1.48. The van der Waals surface area contributed by atoms with Crippen molar-refractivity contribution >= 4 is 28.3 Å². The molecule has 2 aromatic carbocycles. The lowest BCUT2D eigenvalue weighted by molar-refractivity contribution is -0.116. The number of fused-ring (bicyclic) bond motifs is 1. The summed E-state index contributed by atoms with van der Waals surface area (Å²) in [6.07, 6.45) is 1.35. The van der Waals surface area contributed by atoms with E-state index in [4.69, 9.17) is 0 Å². The molecular formula is C20H19N3O3. The van der Waals surface area contributed by atoms with Gasteiger partial charge in [0, 0.05) is 24.1 Å². The van der Waals surface area contributed by atoms with Crippen molar-refractivity contribution in [1.29, 1.82) is 0 Å². The smallest absolute Gasteiger partial charge is 0.258 e. The lowest BCUT2D eigenvalue weighted by Gasteiger charge is -2.07. The van der Waals surface area contributed by atoms with Crippen LogP contribution in [0.15, 0.2) is 53.3 Å². The van der Waals surface area contributed by atoms with Crippen LogP contribution in [0.4, 0.5) is 5.69 Å². The van der Waals surface area contributed by atoms with E-state index in [0.717, 1.165) is 0 Å². The number of anilines is 1. The second kappa shape index (κ2) is 7.74. The predicted molar refractivity (Wildman–Crippen MR) is 100 cm³/mol. The van der Waals surface area contributed by atoms with Gasteiger partial charge < -0.3 is 10.3 Å². The van der Waals surface area contributed by atoms with Gasteiger partial charge in [-0.15, -0.1) is 0 Å². The number of hydrogen-bond donors (Lipinski definition) is 2. The number of hydrogen-bond acceptors (Lipinski definition) is 4. The molecule has 132 valence electrons. The van der Waals surface area contributed by atoms with Gasteiger partial charge in [0.05, 0.1) is 10.9 Å². The zero-order chi connectivity index (χ0) is 18.5. The SMILES string of the molecule is CC(=O)c1cccc(NC(=O)CCCc2nc3ccccc3c(=O)[nH]2)c1. The number of amides is 1. The molecule has 3 rings (SSSR count). The van der Waals surface area contributed by atoms with Gasteiger partial charge in [0.2, 0.25) is 5.91 Å². The Kier molecular flexibility index (Phi) is 5.22. The van der Waals surface area contributed by atoms with Gasteiger partial charge in [0.1, 0.15) is 5.82 Å². The van der Waals surface area contributed by atoms with Gasteiger partial charge in [-0.05, 0) is 37.6 Å². The second-order valence-corrected chi connectivity index (χ2v) is 6.07. The third kappa shape index (κ3) is 4.22. The van der Waals surface area contributed by atoms with E-state index in [9.17, 15) is 14.4 Å². The number of benzene rings is 2. The molecule has 0 spiro atoms. The highest BCUT2D eigenvalue weighted by Crippen LogP contribution is 2.12. The Morgan fingerprint density at radius 3 is 2.73 bits per heavy atom. The quantitative estimate of drug-likeness (QED) is 0.669. The number of aromatic nitrogens is 2. The van der Waals surface area contributed by atoms with Gasteiger partial charge in [-0.3, -0.25) is 14.4 Å². The Labute approximate surface area is 150 Å². The zero-order valence-electron chi connectivity index (χ0n) is 14.4. The van der Waals surface area contributed by atoms with E-state index >= 15 is 0 Å². The fraction of sp³-hybridized carbons (Fsp3) is 0.200. The topological polar surface area (TPSA) is 91.9 Å². The first-order chi connectivity index (χ1) is 12.5. The summed E-state index contributed by atoms with van der Waals surface area (Å²) in [5.74, 6) is 0.376. The molecule has 0 saturated carbocycles. The van der Waals surface area contributed by atoms with E-state index in [-0.39, 0.29) is 17.2 Å². The van der Waals surface area contributed by atoms with Crippen molar-refractivity contribution in [3.05, 3.63) is 70.3 Å². The van der Waals surface area contributed by atoms with E-state index in [1.165, 1.54) is 6.92 Å². The molecule has 0 unspecified atom stereocenters. The van der Waals surface area contributed by atoms with E-state index in [2.05, 4.69) is 15.3 Å². The molecule has 0 bridgehead atoms. The monoisotopic (exact) mass is 349 g/mol. The molecule has 6 nitrogen and oxygen atoms in total. The molecule has 0 aliphatic carbocycles. The maximum atomic E-state index is 12.1. The van der Waals surface area contributed by atoms with Crippen LogP contribution in [0.1, 0.15) is 35.9 Å². The molecule has 3 aromatic rings. The van der Waals surface area contributed by atoms with Crippen LogP contribution in [0.25, 0.3) is 10.9 Å². The predicted octanol–water partition coefficient (Wildman–Crippen LogP) is 3.09. The Morgan fingerprint density at radius 1 is 1.12 bits per heavy atom. The van der Waals surface area contributed by atoms with Crippen molar-refractivity contribution < 1.29 is 9.59 Å². The Bertz CT molecular complexity index is 1020. The van der Waals surface area contributed by atoms with Crippen LogP contribution in [0, 0.1) is 0 Å². The molecule has 2 N–H and O–H groups in total. The van der Waals surface area contributed by atoms with Crippen molar-refractivity contribution in [2.24, 2.45) is 0 Å². The van der Waals surface area contributed by atoms with Gasteiger partial charge in [-0.2, -0.15) is 0 Å². The number of aryl methyl sites for hydroxylation is 1. The Hall–Kier alpha value is -3.28.